The van der Waals surface area contributed by atoms with E-state index in [1.54, 1.807) is 0 Å². The second kappa shape index (κ2) is 5.49. The van der Waals surface area contributed by atoms with Crippen LogP contribution in [0.5, 0.6) is 0 Å². The second-order valence-electron chi connectivity index (χ2n) is 7.14. The molecule has 0 atom stereocenters. The lowest BCUT2D eigenvalue weighted by atomic mass is 9.77. The normalized spacial score (nSPS) is 25.5. The number of imidazole rings is 1. The number of hydrogen-bond acceptors (Lipinski definition) is 3. The van der Waals surface area contributed by atoms with Gasteiger partial charge in [0.1, 0.15) is 0 Å². The Morgan fingerprint density at radius 1 is 1.20 bits per heavy atom. The molecule has 4 heteroatoms. The van der Waals surface area contributed by atoms with Gasteiger partial charge in [-0.3, -0.25) is 0 Å². The molecule has 0 spiro atoms. The smallest absolute Gasteiger partial charge is 0.0948 e. The second-order valence-corrected chi connectivity index (χ2v) is 7.14. The molecule has 1 N–H and O–H groups in total. The quantitative estimate of drug-likeness (QED) is 0.921. The fraction of sp³-hybridized carbons (Fsp3) is 0.812. The highest BCUT2D eigenvalue weighted by atomic mass is 16.5. The van der Waals surface area contributed by atoms with Gasteiger partial charge in [-0.05, 0) is 44.2 Å². The molecule has 2 aliphatic rings. The van der Waals surface area contributed by atoms with Crippen LogP contribution >= 0.6 is 0 Å². The number of hydrogen-bond donors (Lipinski definition) is 1. The van der Waals surface area contributed by atoms with Gasteiger partial charge in [-0.1, -0.05) is 13.8 Å². The third-order valence-electron chi connectivity index (χ3n) is 5.29. The summed E-state index contributed by atoms with van der Waals surface area (Å²) in [7, 11) is 0. The number of piperidine rings is 1. The highest BCUT2D eigenvalue weighted by molar-refractivity contribution is 5.16. The molecule has 0 aromatic carbocycles. The molecule has 4 nitrogen and oxygen atoms in total. The van der Waals surface area contributed by atoms with Gasteiger partial charge in [0, 0.05) is 37.1 Å². The van der Waals surface area contributed by atoms with Crippen LogP contribution in [-0.2, 0) is 16.7 Å². The van der Waals surface area contributed by atoms with Crippen LogP contribution in [0.2, 0.25) is 0 Å². The van der Waals surface area contributed by atoms with E-state index in [-0.39, 0.29) is 5.41 Å². The molecule has 20 heavy (non-hydrogen) atoms. The summed E-state index contributed by atoms with van der Waals surface area (Å²) in [6, 6.07) is 0. The van der Waals surface area contributed by atoms with E-state index in [1.165, 1.54) is 18.5 Å². The van der Waals surface area contributed by atoms with Crippen molar-refractivity contribution in [1.82, 2.24) is 14.9 Å². The number of ether oxygens (including phenoxy) is 1. The van der Waals surface area contributed by atoms with Crippen molar-refractivity contribution in [2.45, 2.75) is 51.5 Å². The van der Waals surface area contributed by atoms with Crippen molar-refractivity contribution in [3.05, 3.63) is 18.2 Å². The average molecular weight is 277 g/mol. The van der Waals surface area contributed by atoms with Gasteiger partial charge in [0.05, 0.1) is 6.33 Å². The lowest BCUT2D eigenvalue weighted by Crippen LogP contribution is -2.40. The average Bonchev–Trinajstić information content (AvgIpc) is 2.88. The van der Waals surface area contributed by atoms with Crippen molar-refractivity contribution in [2.24, 2.45) is 5.41 Å². The monoisotopic (exact) mass is 277 g/mol. The Labute approximate surface area is 121 Å². The summed E-state index contributed by atoms with van der Waals surface area (Å²) in [5, 5.41) is 3.46. The fourth-order valence-corrected chi connectivity index (χ4v) is 3.62. The molecule has 0 saturated carbocycles. The molecule has 2 saturated heterocycles. The van der Waals surface area contributed by atoms with Crippen LogP contribution in [-0.4, -0.2) is 35.9 Å². The third kappa shape index (κ3) is 2.77. The van der Waals surface area contributed by atoms with Gasteiger partial charge in [-0.25, -0.2) is 4.98 Å². The Morgan fingerprint density at radius 3 is 2.60 bits per heavy atom. The van der Waals surface area contributed by atoms with E-state index in [9.17, 15) is 0 Å². The zero-order valence-corrected chi connectivity index (χ0v) is 12.8. The molecule has 0 aliphatic carbocycles. The highest BCUT2D eigenvalue weighted by Gasteiger charge is 2.34. The standard InChI is InChI=1S/C16H27N3O/c1-15(5-9-20-10-6-15)12-19-13-18-11-14(19)16(2)3-7-17-8-4-16/h11,13,17H,3-10,12H2,1-2H3. The molecule has 1 aromatic rings. The molecule has 0 amide bonds. The van der Waals surface area contributed by atoms with E-state index < -0.39 is 0 Å². The van der Waals surface area contributed by atoms with E-state index in [0.29, 0.717) is 5.41 Å². The van der Waals surface area contributed by atoms with Crippen molar-refractivity contribution in [2.75, 3.05) is 26.3 Å². The van der Waals surface area contributed by atoms with Crippen LogP contribution in [0, 0.1) is 5.41 Å². The summed E-state index contributed by atoms with van der Waals surface area (Å²) in [6.07, 6.45) is 8.85. The topological polar surface area (TPSA) is 39.1 Å². The first-order valence-corrected chi connectivity index (χ1v) is 7.91. The maximum absolute atomic E-state index is 5.52. The van der Waals surface area contributed by atoms with Gasteiger partial charge < -0.3 is 14.6 Å². The fourth-order valence-electron chi connectivity index (χ4n) is 3.62. The minimum atomic E-state index is 0.281. The molecule has 0 unspecified atom stereocenters. The van der Waals surface area contributed by atoms with Crippen molar-refractivity contribution in [3.8, 4) is 0 Å². The summed E-state index contributed by atoms with van der Waals surface area (Å²) >= 11 is 0. The van der Waals surface area contributed by atoms with Crippen LogP contribution < -0.4 is 5.32 Å². The van der Waals surface area contributed by atoms with E-state index >= 15 is 0 Å². The first kappa shape index (κ1) is 14.1. The molecule has 0 radical (unpaired) electrons. The maximum Gasteiger partial charge on any atom is 0.0948 e. The summed E-state index contributed by atoms with van der Waals surface area (Å²) in [6.45, 7) is 9.91. The summed E-state index contributed by atoms with van der Waals surface area (Å²) in [4.78, 5) is 4.45. The lowest BCUT2D eigenvalue weighted by molar-refractivity contribution is 0.0147. The Hall–Kier alpha value is -0.870. The zero-order chi connectivity index (χ0) is 14.1. The number of aromatic nitrogens is 2. The predicted octanol–water partition coefficient (Wildman–Crippen LogP) is 2.34. The number of nitrogens with zero attached hydrogens (tertiary/aromatic N) is 2. The Bertz CT molecular complexity index is 442. The summed E-state index contributed by atoms with van der Waals surface area (Å²) < 4.78 is 7.93. The minimum Gasteiger partial charge on any atom is -0.381 e. The van der Waals surface area contributed by atoms with E-state index in [0.717, 1.165) is 45.7 Å². The van der Waals surface area contributed by atoms with Crippen LogP contribution in [0.3, 0.4) is 0 Å². The van der Waals surface area contributed by atoms with Crippen LogP contribution in [0.1, 0.15) is 45.2 Å². The Kier molecular flexibility index (Phi) is 3.87. The van der Waals surface area contributed by atoms with Crippen LogP contribution in [0.4, 0.5) is 0 Å². The predicted molar refractivity (Wildman–Crippen MR) is 79.8 cm³/mol. The third-order valence-corrected chi connectivity index (χ3v) is 5.29. The summed E-state index contributed by atoms with van der Waals surface area (Å²) in [5.74, 6) is 0. The first-order chi connectivity index (χ1) is 9.61. The van der Waals surface area contributed by atoms with Gasteiger partial charge in [0.2, 0.25) is 0 Å². The highest BCUT2D eigenvalue weighted by Crippen LogP contribution is 2.36. The van der Waals surface area contributed by atoms with E-state index in [2.05, 4.69) is 34.9 Å². The molecule has 1 aromatic heterocycles. The number of rotatable bonds is 3. The van der Waals surface area contributed by atoms with Crippen molar-refractivity contribution < 1.29 is 4.74 Å². The SMILES string of the molecule is CC1(Cn2cncc2C2(C)CCNCC2)CCOCC1. The molecule has 3 heterocycles. The molecular formula is C16H27N3O. The molecular weight excluding hydrogens is 250 g/mol. The van der Waals surface area contributed by atoms with Gasteiger partial charge in [0.25, 0.3) is 0 Å². The molecule has 3 rings (SSSR count). The largest absolute Gasteiger partial charge is 0.381 e. The maximum atomic E-state index is 5.52. The Morgan fingerprint density at radius 2 is 1.90 bits per heavy atom. The van der Waals surface area contributed by atoms with E-state index in [1.807, 2.05) is 6.33 Å². The van der Waals surface area contributed by atoms with Gasteiger partial charge >= 0.3 is 0 Å². The zero-order valence-electron chi connectivity index (χ0n) is 12.8. The lowest BCUT2D eigenvalue weighted by Gasteiger charge is -2.38. The van der Waals surface area contributed by atoms with Gasteiger partial charge in [0.15, 0.2) is 0 Å². The van der Waals surface area contributed by atoms with Crippen molar-refractivity contribution in [1.29, 1.82) is 0 Å². The van der Waals surface area contributed by atoms with Gasteiger partial charge in [-0.15, -0.1) is 0 Å². The number of nitrogens with one attached hydrogen (secondary N) is 1. The minimum absolute atomic E-state index is 0.281. The first-order valence-electron chi connectivity index (χ1n) is 7.91. The molecule has 0 bridgehead atoms. The summed E-state index contributed by atoms with van der Waals surface area (Å²) in [5.41, 5.74) is 2.06. The molecule has 2 aliphatic heterocycles. The molecule has 112 valence electrons. The van der Waals surface area contributed by atoms with Gasteiger partial charge in [-0.2, -0.15) is 0 Å². The van der Waals surface area contributed by atoms with Crippen LogP contribution in [0.25, 0.3) is 0 Å². The van der Waals surface area contributed by atoms with Crippen LogP contribution in [0.15, 0.2) is 12.5 Å². The molecule has 2 fully saturated rings. The Balaban J connectivity index is 1.79. The van der Waals surface area contributed by atoms with E-state index in [4.69, 9.17) is 4.74 Å². The van der Waals surface area contributed by atoms with Crippen molar-refractivity contribution >= 4 is 0 Å². The van der Waals surface area contributed by atoms with Crippen molar-refractivity contribution in [3.63, 3.8) is 0 Å².